The van der Waals surface area contributed by atoms with Crippen LogP contribution in [0.25, 0.3) is 22.3 Å². The van der Waals surface area contributed by atoms with Gasteiger partial charge in [0.25, 0.3) is 6.71 Å². The molecule has 10 aromatic rings. The number of benzene rings is 10. The van der Waals surface area contributed by atoms with Gasteiger partial charge in [-0.3, -0.25) is 0 Å². The molecular formula is C73H64BN3. The second kappa shape index (κ2) is 16.8. The van der Waals surface area contributed by atoms with Crippen LogP contribution >= 0.6 is 0 Å². The van der Waals surface area contributed by atoms with E-state index < -0.39 is 5.41 Å². The summed E-state index contributed by atoms with van der Waals surface area (Å²) < 4.78 is 0. The lowest BCUT2D eigenvalue weighted by atomic mass is 9.33. The predicted octanol–water partition coefficient (Wildman–Crippen LogP) is 17.5. The van der Waals surface area contributed by atoms with Gasteiger partial charge in [-0.25, -0.2) is 0 Å². The van der Waals surface area contributed by atoms with Crippen LogP contribution in [0.4, 0.5) is 51.2 Å². The molecule has 0 amide bonds. The predicted molar refractivity (Wildman–Crippen MR) is 328 cm³/mol. The second-order valence-corrected chi connectivity index (χ2v) is 25.0. The Labute approximate surface area is 456 Å². The quantitative estimate of drug-likeness (QED) is 0.159. The van der Waals surface area contributed by atoms with Crippen molar-refractivity contribution < 1.29 is 0 Å². The highest BCUT2D eigenvalue weighted by Gasteiger charge is 2.52. The van der Waals surface area contributed by atoms with Crippen LogP contribution in [0.2, 0.25) is 0 Å². The van der Waals surface area contributed by atoms with Crippen LogP contribution in [-0.2, 0) is 21.7 Å². The van der Waals surface area contributed by atoms with E-state index in [4.69, 9.17) is 0 Å². The maximum Gasteiger partial charge on any atom is 0.252 e. The summed E-state index contributed by atoms with van der Waals surface area (Å²) in [5.74, 6) is 0. The molecule has 4 heteroatoms. The zero-order valence-corrected chi connectivity index (χ0v) is 45.8. The molecule has 0 saturated carbocycles. The van der Waals surface area contributed by atoms with Crippen LogP contribution in [0.15, 0.2) is 224 Å². The average Bonchev–Trinajstić information content (AvgIpc) is 4.17. The minimum atomic E-state index is -0.499. The van der Waals surface area contributed by atoms with Crippen LogP contribution in [0.5, 0.6) is 0 Å². The maximum absolute atomic E-state index is 2.65. The minimum Gasteiger partial charge on any atom is -0.311 e. The standard InChI is InChI=1S/C73H64BN3/c1-70(2,3)47-32-35-52(36-33-47)76-65-41-34-48(71(4,5)6)42-64(65)74-63-40-38-54(75(50-22-12-10-13-23-50)51-24-14-11-15-25-51)46-66(63)77(68-44-49(72(7,8)9)43-67(76)69(68)74)53-37-39-58-57-28-18-21-31-61(57)73(62(58)45-53)59-29-19-16-26-55(59)56-27-17-20-30-60(56)73/h10-46H,1-9H3. The Morgan fingerprint density at radius 1 is 0.325 bits per heavy atom. The molecule has 2 aliphatic heterocycles. The van der Waals surface area contributed by atoms with E-state index in [0.29, 0.717) is 0 Å². The summed E-state index contributed by atoms with van der Waals surface area (Å²) in [6.45, 7) is 21.0. The Balaban J connectivity index is 1.10. The van der Waals surface area contributed by atoms with Crippen molar-refractivity contribution in [3.8, 4) is 22.3 Å². The summed E-state index contributed by atoms with van der Waals surface area (Å²) in [5, 5.41) is 0. The van der Waals surface area contributed by atoms with Gasteiger partial charge in [0.2, 0.25) is 0 Å². The monoisotopic (exact) mass is 994 g/mol. The number of anilines is 9. The molecule has 0 unspecified atom stereocenters. The van der Waals surface area contributed by atoms with E-state index in [0.717, 1.165) is 22.7 Å². The van der Waals surface area contributed by atoms with Crippen molar-refractivity contribution in [1.29, 1.82) is 0 Å². The van der Waals surface area contributed by atoms with Gasteiger partial charge in [-0.15, -0.1) is 0 Å². The molecular weight excluding hydrogens is 930 g/mol. The first-order valence-corrected chi connectivity index (χ1v) is 27.6. The second-order valence-electron chi connectivity index (χ2n) is 25.0. The van der Waals surface area contributed by atoms with Gasteiger partial charge in [-0.05, 0) is 173 Å². The molecule has 14 rings (SSSR count). The summed E-state index contributed by atoms with van der Waals surface area (Å²) in [6, 6.07) is 85.8. The average molecular weight is 994 g/mol. The van der Waals surface area contributed by atoms with Crippen LogP contribution in [0.1, 0.15) is 101 Å². The van der Waals surface area contributed by atoms with Crippen LogP contribution in [0.3, 0.4) is 0 Å². The number of rotatable bonds is 5. The summed E-state index contributed by atoms with van der Waals surface area (Å²) in [4.78, 5) is 7.66. The van der Waals surface area contributed by atoms with Crippen molar-refractivity contribution in [2.75, 3.05) is 14.7 Å². The Bertz CT molecular complexity index is 3900. The van der Waals surface area contributed by atoms with E-state index in [2.05, 4.69) is 301 Å². The third-order valence-corrected chi connectivity index (χ3v) is 17.3. The van der Waals surface area contributed by atoms with Crippen molar-refractivity contribution in [1.82, 2.24) is 0 Å². The van der Waals surface area contributed by atoms with Crippen molar-refractivity contribution in [2.24, 2.45) is 0 Å². The summed E-state index contributed by atoms with van der Waals surface area (Å²) in [5.41, 5.74) is 28.2. The molecule has 374 valence electrons. The highest BCUT2D eigenvalue weighted by atomic mass is 15.2. The molecule has 1 spiro atoms. The number of fused-ring (bicyclic) bond motifs is 14. The van der Waals surface area contributed by atoms with E-state index in [1.54, 1.807) is 0 Å². The fourth-order valence-corrected chi connectivity index (χ4v) is 13.5. The van der Waals surface area contributed by atoms with E-state index in [1.165, 1.54) is 106 Å². The molecule has 3 nitrogen and oxygen atoms in total. The highest BCUT2D eigenvalue weighted by Crippen LogP contribution is 2.63. The van der Waals surface area contributed by atoms with Crippen LogP contribution in [-0.4, -0.2) is 6.71 Å². The molecule has 0 radical (unpaired) electrons. The van der Waals surface area contributed by atoms with Gasteiger partial charge in [-0.2, -0.15) is 0 Å². The molecule has 4 aliphatic rings. The number of nitrogens with zero attached hydrogens (tertiary/aromatic N) is 3. The van der Waals surface area contributed by atoms with Gasteiger partial charge in [0.15, 0.2) is 0 Å². The number of hydrogen-bond donors (Lipinski definition) is 0. The van der Waals surface area contributed by atoms with Gasteiger partial charge in [0.1, 0.15) is 0 Å². The third kappa shape index (κ3) is 7.03. The Hall–Kier alpha value is -8.34. The largest absolute Gasteiger partial charge is 0.311 e. The summed E-state index contributed by atoms with van der Waals surface area (Å²) in [6.07, 6.45) is 0. The van der Waals surface area contributed by atoms with E-state index >= 15 is 0 Å². The Kier molecular flexibility index (Phi) is 10.3. The van der Waals surface area contributed by atoms with Crippen molar-refractivity contribution in [2.45, 2.75) is 84.0 Å². The van der Waals surface area contributed by atoms with Crippen molar-refractivity contribution in [3.05, 3.63) is 263 Å². The van der Waals surface area contributed by atoms with Gasteiger partial charge in [0, 0.05) is 51.2 Å². The van der Waals surface area contributed by atoms with Gasteiger partial charge in [0.05, 0.1) is 5.41 Å². The van der Waals surface area contributed by atoms with Gasteiger partial charge < -0.3 is 14.7 Å². The van der Waals surface area contributed by atoms with Crippen molar-refractivity contribution in [3.63, 3.8) is 0 Å². The van der Waals surface area contributed by atoms with Crippen LogP contribution < -0.4 is 31.1 Å². The lowest BCUT2D eigenvalue weighted by Gasteiger charge is -2.46. The molecule has 2 aliphatic carbocycles. The van der Waals surface area contributed by atoms with Crippen LogP contribution in [0, 0.1) is 0 Å². The maximum atomic E-state index is 2.65. The first-order valence-electron chi connectivity index (χ1n) is 27.6. The zero-order chi connectivity index (χ0) is 52.8. The lowest BCUT2D eigenvalue weighted by molar-refractivity contribution is 0.589. The number of para-hydroxylation sites is 2. The fourth-order valence-electron chi connectivity index (χ4n) is 13.5. The topological polar surface area (TPSA) is 9.72 Å². The SMILES string of the molecule is CC(C)(C)c1ccc(N2c3ccc(C(C)(C)C)cc3B3c4ccc(N(c5ccccc5)c5ccccc5)cc4N(c4ccc5c(c4)C4(c6ccccc6-c6ccccc64)c4ccccc4-5)c4cc(C(C)(C)C)cc2c43)cc1. The molecule has 0 N–H and O–H groups in total. The first-order chi connectivity index (χ1) is 37.1. The minimum absolute atomic E-state index is 0.0223. The molecule has 0 saturated heterocycles. The van der Waals surface area contributed by atoms with Gasteiger partial charge in [-0.1, -0.05) is 208 Å². The van der Waals surface area contributed by atoms with Crippen molar-refractivity contribution >= 4 is 74.3 Å². The Morgan fingerprint density at radius 2 is 0.792 bits per heavy atom. The molecule has 0 fully saturated rings. The lowest BCUT2D eigenvalue weighted by Crippen LogP contribution is -2.61. The summed E-state index contributed by atoms with van der Waals surface area (Å²) >= 11 is 0. The zero-order valence-electron chi connectivity index (χ0n) is 45.8. The molecule has 10 aromatic carbocycles. The third-order valence-electron chi connectivity index (χ3n) is 17.3. The van der Waals surface area contributed by atoms with E-state index in [9.17, 15) is 0 Å². The summed E-state index contributed by atoms with van der Waals surface area (Å²) in [7, 11) is 0. The highest BCUT2D eigenvalue weighted by molar-refractivity contribution is 7.00. The molecule has 77 heavy (non-hydrogen) atoms. The van der Waals surface area contributed by atoms with E-state index in [1.807, 2.05) is 0 Å². The normalized spacial score (nSPS) is 14.3. The number of hydrogen-bond acceptors (Lipinski definition) is 3. The van der Waals surface area contributed by atoms with E-state index in [-0.39, 0.29) is 23.0 Å². The molecule has 0 atom stereocenters. The smallest absolute Gasteiger partial charge is 0.252 e. The fraction of sp³-hybridized carbons (Fsp3) is 0.178. The molecule has 0 bridgehead atoms. The molecule has 0 aromatic heterocycles. The van der Waals surface area contributed by atoms with Gasteiger partial charge >= 0.3 is 0 Å². The first kappa shape index (κ1) is 47.1. The molecule has 2 heterocycles. The Morgan fingerprint density at radius 3 is 1.32 bits per heavy atom.